The van der Waals surface area contributed by atoms with E-state index in [1.165, 1.54) is 0 Å². The Balaban J connectivity index is 1.95. The van der Waals surface area contributed by atoms with E-state index in [1.807, 2.05) is 20.8 Å². The Hall–Kier alpha value is -0.160. The molecule has 0 aromatic heterocycles. The van der Waals surface area contributed by atoms with Gasteiger partial charge < -0.3 is 18.9 Å². The van der Waals surface area contributed by atoms with Gasteiger partial charge in [0.25, 0.3) is 0 Å². The summed E-state index contributed by atoms with van der Waals surface area (Å²) in [6, 6.07) is 0. The van der Waals surface area contributed by atoms with Gasteiger partial charge in [-0.2, -0.15) is 0 Å². The van der Waals surface area contributed by atoms with E-state index >= 15 is 0 Å². The number of ether oxygens (including phenoxy) is 4. The van der Waals surface area contributed by atoms with E-state index in [2.05, 4.69) is 13.8 Å². The highest BCUT2D eigenvalue weighted by Crippen LogP contribution is 2.33. The highest BCUT2D eigenvalue weighted by Gasteiger charge is 2.46. The highest BCUT2D eigenvalue weighted by atomic mass is 16.8. The summed E-state index contributed by atoms with van der Waals surface area (Å²) < 4.78 is 23.0. The van der Waals surface area contributed by atoms with Gasteiger partial charge in [-0.3, -0.25) is 0 Å². The van der Waals surface area contributed by atoms with Crippen LogP contribution in [-0.4, -0.2) is 37.0 Å². The largest absolute Gasteiger partial charge is 0.350 e. The number of rotatable bonds is 2. The van der Waals surface area contributed by atoms with Gasteiger partial charge in [0.05, 0.1) is 12.7 Å². The molecular weight excluding hydrogens is 208 g/mol. The van der Waals surface area contributed by atoms with Crippen LogP contribution in [0.1, 0.15) is 34.6 Å². The van der Waals surface area contributed by atoms with Gasteiger partial charge in [-0.15, -0.1) is 0 Å². The highest BCUT2D eigenvalue weighted by molar-refractivity contribution is 4.87. The molecule has 94 valence electrons. The lowest BCUT2D eigenvalue weighted by molar-refractivity contribution is -0.161. The normalized spacial score (nSPS) is 43.1. The molecule has 0 aromatic carbocycles. The zero-order valence-corrected chi connectivity index (χ0v) is 10.7. The Bertz CT molecular complexity index is 251. The Kier molecular flexibility index (Phi) is 3.27. The fraction of sp³-hybridized carbons (Fsp3) is 1.00. The van der Waals surface area contributed by atoms with Gasteiger partial charge in [0.15, 0.2) is 12.1 Å². The third kappa shape index (κ3) is 2.40. The molecule has 0 N–H and O–H groups in total. The zero-order chi connectivity index (χ0) is 11.9. The second-order valence-corrected chi connectivity index (χ2v) is 5.43. The van der Waals surface area contributed by atoms with Gasteiger partial charge in [0, 0.05) is 5.92 Å². The van der Waals surface area contributed by atoms with Crippen molar-refractivity contribution in [3.63, 3.8) is 0 Å². The summed E-state index contributed by atoms with van der Waals surface area (Å²) in [4.78, 5) is 0. The predicted octanol–water partition coefficient (Wildman–Crippen LogP) is 1.92. The van der Waals surface area contributed by atoms with E-state index in [4.69, 9.17) is 18.9 Å². The molecule has 2 aliphatic heterocycles. The maximum atomic E-state index is 5.85. The molecule has 2 rings (SSSR count). The van der Waals surface area contributed by atoms with Crippen molar-refractivity contribution in [2.75, 3.05) is 6.61 Å². The lowest BCUT2D eigenvalue weighted by atomic mass is 10.1. The SMILES string of the molecule is CC(C)C1OCC(C2OC(C)(C)OC2C)O1. The molecule has 0 aromatic rings. The van der Waals surface area contributed by atoms with Crippen molar-refractivity contribution in [2.24, 2.45) is 5.92 Å². The van der Waals surface area contributed by atoms with Crippen LogP contribution in [0.4, 0.5) is 0 Å². The molecule has 2 aliphatic rings. The molecule has 0 aliphatic carbocycles. The van der Waals surface area contributed by atoms with Crippen LogP contribution in [-0.2, 0) is 18.9 Å². The molecule has 4 unspecified atom stereocenters. The van der Waals surface area contributed by atoms with E-state index in [1.54, 1.807) is 0 Å². The molecule has 2 fully saturated rings. The van der Waals surface area contributed by atoms with Crippen LogP contribution in [0.25, 0.3) is 0 Å². The average molecular weight is 230 g/mol. The molecule has 0 amide bonds. The Morgan fingerprint density at radius 2 is 1.88 bits per heavy atom. The van der Waals surface area contributed by atoms with Crippen molar-refractivity contribution in [1.82, 2.24) is 0 Å². The molecule has 2 heterocycles. The Labute approximate surface area is 97.2 Å². The van der Waals surface area contributed by atoms with Crippen LogP contribution in [0.5, 0.6) is 0 Å². The molecule has 0 radical (unpaired) electrons. The minimum absolute atomic E-state index is 0.0100. The lowest BCUT2D eigenvalue weighted by Gasteiger charge is -2.21. The molecule has 4 nitrogen and oxygen atoms in total. The smallest absolute Gasteiger partial charge is 0.163 e. The summed E-state index contributed by atoms with van der Waals surface area (Å²) >= 11 is 0. The molecular formula is C12H22O4. The molecule has 4 atom stereocenters. The molecule has 2 saturated heterocycles. The first-order valence-electron chi connectivity index (χ1n) is 6.02. The molecule has 0 spiro atoms. The Morgan fingerprint density at radius 3 is 2.31 bits per heavy atom. The molecule has 4 heteroatoms. The van der Waals surface area contributed by atoms with Crippen LogP contribution < -0.4 is 0 Å². The fourth-order valence-electron chi connectivity index (χ4n) is 2.31. The first kappa shape index (κ1) is 12.3. The fourth-order valence-corrected chi connectivity index (χ4v) is 2.31. The van der Waals surface area contributed by atoms with E-state index in [-0.39, 0.29) is 24.6 Å². The van der Waals surface area contributed by atoms with Crippen molar-refractivity contribution in [3.8, 4) is 0 Å². The number of hydrogen-bond acceptors (Lipinski definition) is 4. The molecule has 0 saturated carbocycles. The summed E-state index contributed by atoms with van der Waals surface area (Å²) in [7, 11) is 0. The number of hydrogen-bond donors (Lipinski definition) is 0. The summed E-state index contributed by atoms with van der Waals surface area (Å²) in [6.07, 6.45) is -0.0954. The van der Waals surface area contributed by atoms with E-state index in [0.717, 1.165) is 0 Å². The maximum Gasteiger partial charge on any atom is 0.163 e. The first-order valence-corrected chi connectivity index (χ1v) is 6.02. The Morgan fingerprint density at radius 1 is 1.19 bits per heavy atom. The second kappa shape index (κ2) is 4.26. The summed E-state index contributed by atoms with van der Waals surface area (Å²) in [5, 5.41) is 0. The van der Waals surface area contributed by atoms with E-state index in [9.17, 15) is 0 Å². The van der Waals surface area contributed by atoms with Gasteiger partial charge in [-0.1, -0.05) is 13.8 Å². The summed E-state index contributed by atoms with van der Waals surface area (Å²) in [5.74, 6) is -0.140. The average Bonchev–Trinajstić information content (AvgIpc) is 2.69. The van der Waals surface area contributed by atoms with Crippen molar-refractivity contribution in [2.45, 2.75) is 65.0 Å². The molecule has 16 heavy (non-hydrogen) atoms. The summed E-state index contributed by atoms with van der Waals surface area (Å²) in [5.41, 5.74) is 0. The first-order chi connectivity index (χ1) is 7.39. The van der Waals surface area contributed by atoms with E-state index < -0.39 is 5.79 Å². The van der Waals surface area contributed by atoms with Crippen molar-refractivity contribution in [1.29, 1.82) is 0 Å². The van der Waals surface area contributed by atoms with Crippen molar-refractivity contribution in [3.05, 3.63) is 0 Å². The second-order valence-electron chi connectivity index (χ2n) is 5.43. The van der Waals surface area contributed by atoms with Gasteiger partial charge in [-0.25, -0.2) is 0 Å². The van der Waals surface area contributed by atoms with Gasteiger partial charge in [0.1, 0.15) is 12.2 Å². The van der Waals surface area contributed by atoms with E-state index in [0.29, 0.717) is 12.5 Å². The third-order valence-electron chi connectivity index (χ3n) is 3.00. The van der Waals surface area contributed by atoms with Gasteiger partial charge >= 0.3 is 0 Å². The monoisotopic (exact) mass is 230 g/mol. The minimum atomic E-state index is -0.511. The van der Waals surface area contributed by atoms with Crippen molar-refractivity contribution < 1.29 is 18.9 Å². The van der Waals surface area contributed by atoms with Crippen LogP contribution in [0, 0.1) is 5.92 Å². The quantitative estimate of drug-likeness (QED) is 0.726. The van der Waals surface area contributed by atoms with Gasteiger partial charge in [0.2, 0.25) is 0 Å². The van der Waals surface area contributed by atoms with Crippen LogP contribution >= 0.6 is 0 Å². The third-order valence-corrected chi connectivity index (χ3v) is 3.00. The van der Waals surface area contributed by atoms with Gasteiger partial charge in [-0.05, 0) is 20.8 Å². The standard InChI is InChI=1S/C12H22O4/c1-7(2)11-13-6-9(14-11)10-8(3)15-12(4,5)16-10/h7-11H,6H2,1-5H3. The summed E-state index contributed by atoms with van der Waals surface area (Å²) in [6.45, 7) is 10.7. The van der Waals surface area contributed by atoms with Crippen LogP contribution in [0.3, 0.4) is 0 Å². The minimum Gasteiger partial charge on any atom is -0.350 e. The van der Waals surface area contributed by atoms with Crippen molar-refractivity contribution >= 4 is 0 Å². The van der Waals surface area contributed by atoms with Crippen LogP contribution in [0.2, 0.25) is 0 Å². The zero-order valence-electron chi connectivity index (χ0n) is 10.7. The lowest BCUT2D eigenvalue weighted by Crippen LogP contribution is -2.36. The maximum absolute atomic E-state index is 5.85. The predicted molar refractivity (Wildman–Crippen MR) is 59.0 cm³/mol. The molecule has 0 bridgehead atoms. The topological polar surface area (TPSA) is 36.9 Å². The van der Waals surface area contributed by atoms with Crippen LogP contribution in [0.15, 0.2) is 0 Å².